The summed E-state index contributed by atoms with van der Waals surface area (Å²) in [4.78, 5) is 38.3. The predicted octanol–water partition coefficient (Wildman–Crippen LogP) is 3.86. The quantitative estimate of drug-likeness (QED) is 0.210. The number of piperazine rings is 1. The molecule has 1 aliphatic heterocycles. The fraction of sp³-hybridized carbons (Fsp3) is 0.345. The molecule has 4 heterocycles. The smallest absolute Gasteiger partial charge is 0.371 e. The molecule has 232 valence electrons. The van der Waals surface area contributed by atoms with Gasteiger partial charge in [-0.2, -0.15) is 18.3 Å². The molecule has 15 heteroatoms. The van der Waals surface area contributed by atoms with Gasteiger partial charge in [0.1, 0.15) is 23.4 Å². The van der Waals surface area contributed by atoms with E-state index in [-0.39, 0.29) is 11.7 Å². The number of anilines is 3. The summed E-state index contributed by atoms with van der Waals surface area (Å²) < 4.78 is 40.5. The maximum Gasteiger partial charge on any atom is 0.433 e. The highest BCUT2D eigenvalue weighted by atomic mass is 19.4. The molecule has 0 saturated carbocycles. The SMILES string of the molecule is CNc1ncnn2cc(C(=O)NCCCN3CCN(C)CC3)c(-c3ccc(NC(=O)Nc4cccc(C(F)(F)F)n4)cc3)c12. The molecule has 3 amide bonds. The zero-order chi connectivity index (χ0) is 31.3. The minimum atomic E-state index is -4.63. The number of halogens is 3. The summed E-state index contributed by atoms with van der Waals surface area (Å²) in [5, 5.41) is 15.3. The monoisotopic (exact) mass is 610 g/mol. The van der Waals surface area contributed by atoms with Crippen LogP contribution in [0.15, 0.2) is 55.0 Å². The van der Waals surface area contributed by atoms with Gasteiger partial charge in [-0.3, -0.25) is 10.1 Å². The number of pyridine rings is 1. The van der Waals surface area contributed by atoms with E-state index in [0.717, 1.165) is 51.3 Å². The van der Waals surface area contributed by atoms with Gasteiger partial charge in [-0.1, -0.05) is 18.2 Å². The molecule has 1 aromatic carbocycles. The summed E-state index contributed by atoms with van der Waals surface area (Å²) in [6.07, 6.45) is -0.764. The van der Waals surface area contributed by atoms with E-state index in [2.05, 4.69) is 53.2 Å². The van der Waals surface area contributed by atoms with Crippen molar-refractivity contribution in [2.24, 2.45) is 0 Å². The fourth-order valence-corrected chi connectivity index (χ4v) is 4.99. The fourth-order valence-electron chi connectivity index (χ4n) is 4.99. The minimum Gasteiger partial charge on any atom is -0.371 e. The van der Waals surface area contributed by atoms with Gasteiger partial charge in [0.15, 0.2) is 5.82 Å². The lowest BCUT2D eigenvalue weighted by Gasteiger charge is -2.32. The van der Waals surface area contributed by atoms with Crippen molar-refractivity contribution < 1.29 is 22.8 Å². The maximum absolute atomic E-state index is 13.4. The van der Waals surface area contributed by atoms with E-state index in [4.69, 9.17) is 0 Å². The molecule has 0 unspecified atom stereocenters. The molecule has 44 heavy (non-hydrogen) atoms. The molecule has 0 bridgehead atoms. The number of nitrogens with zero attached hydrogens (tertiary/aromatic N) is 6. The van der Waals surface area contributed by atoms with Gasteiger partial charge >= 0.3 is 12.2 Å². The van der Waals surface area contributed by atoms with Gasteiger partial charge in [-0.05, 0) is 49.8 Å². The van der Waals surface area contributed by atoms with Gasteiger partial charge in [0, 0.05) is 57.2 Å². The first-order chi connectivity index (χ1) is 21.1. The molecule has 0 atom stereocenters. The molecule has 1 saturated heterocycles. The molecule has 4 N–H and O–H groups in total. The van der Waals surface area contributed by atoms with Crippen molar-refractivity contribution in [2.45, 2.75) is 12.6 Å². The van der Waals surface area contributed by atoms with Gasteiger partial charge in [0.05, 0.1) is 5.56 Å². The number of benzene rings is 1. The summed E-state index contributed by atoms with van der Waals surface area (Å²) in [5.41, 5.74) is 1.56. The van der Waals surface area contributed by atoms with Gasteiger partial charge in [0.2, 0.25) is 0 Å². The first-order valence-corrected chi connectivity index (χ1v) is 14.1. The van der Waals surface area contributed by atoms with Crippen molar-refractivity contribution in [3.05, 3.63) is 66.2 Å². The number of hydrogen-bond acceptors (Lipinski definition) is 8. The Morgan fingerprint density at radius 1 is 1.00 bits per heavy atom. The molecular weight excluding hydrogens is 577 g/mol. The largest absolute Gasteiger partial charge is 0.433 e. The average Bonchev–Trinajstić information content (AvgIpc) is 3.40. The van der Waals surface area contributed by atoms with E-state index in [1.807, 2.05) is 0 Å². The number of aromatic nitrogens is 4. The van der Waals surface area contributed by atoms with Crippen molar-refractivity contribution in [1.82, 2.24) is 34.7 Å². The Morgan fingerprint density at radius 2 is 1.75 bits per heavy atom. The first kappa shape index (κ1) is 30.7. The summed E-state index contributed by atoms with van der Waals surface area (Å²) in [7, 11) is 3.84. The van der Waals surface area contributed by atoms with E-state index >= 15 is 0 Å². The Balaban J connectivity index is 1.30. The second-order valence-electron chi connectivity index (χ2n) is 10.4. The van der Waals surface area contributed by atoms with Crippen LogP contribution in [0.1, 0.15) is 22.5 Å². The van der Waals surface area contributed by atoms with Gasteiger partial charge in [-0.25, -0.2) is 19.3 Å². The molecule has 3 aromatic heterocycles. The molecule has 1 fully saturated rings. The number of likely N-dealkylation sites (N-methyl/N-ethyl adjacent to an activating group) is 1. The number of carbonyl (C=O) groups excluding carboxylic acids is 2. The van der Waals surface area contributed by atoms with E-state index in [1.54, 1.807) is 42.0 Å². The number of amides is 3. The number of fused-ring (bicyclic) bond motifs is 1. The van der Waals surface area contributed by atoms with Gasteiger partial charge < -0.3 is 25.8 Å². The lowest BCUT2D eigenvalue weighted by Crippen LogP contribution is -2.45. The Hall–Kier alpha value is -4.76. The second-order valence-corrected chi connectivity index (χ2v) is 10.4. The molecule has 1 aliphatic rings. The van der Waals surface area contributed by atoms with Crippen LogP contribution >= 0.6 is 0 Å². The molecule has 12 nitrogen and oxygen atoms in total. The Bertz CT molecular complexity index is 1620. The number of nitrogens with one attached hydrogen (secondary N) is 4. The van der Waals surface area contributed by atoms with Crippen LogP contribution in [0.5, 0.6) is 0 Å². The molecular formula is C29H33F3N10O2. The molecule has 0 spiro atoms. The third kappa shape index (κ3) is 7.23. The van der Waals surface area contributed by atoms with Gasteiger partial charge in [0.25, 0.3) is 5.91 Å². The maximum atomic E-state index is 13.4. The lowest BCUT2D eigenvalue weighted by atomic mass is 10.0. The van der Waals surface area contributed by atoms with E-state index < -0.39 is 17.9 Å². The predicted molar refractivity (Wildman–Crippen MR) is 161 cm³/mol. The number of carbonyl (C=O) groups is 2. The van der Waals surface area contributed by atoms with Crippen LogP contribution < -0.4 is 21.3 Å². The summed E-state index contributed by atoms with van der Waals surface area (Å²) in [6, 6.07) is 9.18. The molecule has 0 aliphatic carbocycles. The number of rotatable bonds is 9. The highest BCUT2D eigenvalue weighted by Crippen LogP contribution is 2.34. The number of hydrogen-bond donors (Lipinski definition) is 4. The van der Waals surface area contributed by atoms with Crippen LogP contribution in [-0.4, -0.2) is 94.7 Å². The third-order valence-corrected chi connectivity index (χ3v) is 7.30. The number of alkyl halides is 3. The van der Waals surface area contributed by atoms with Crippen LogP contribution in [-0.2, 0) is 6.18 Å². The van der Waals surface area contributed by atoms with E-state index in [1.165, 1.54) is 12.4 Å². The molecule has 5 rings (SSSR count). The van der Waals surface area contributed by atoms with Crippen LogP contribution in [0.25, 0.3) is 16.6 Å². The average molecular weight is 611 g/mol. The lowest BCUT2D eigenvalue weighted by molar-refractivity contribution is -0.141. The number of urea groups is 1. The summed E-state index contributed by atoms with van der Waals surface area (Å²) >= 11 is 0. The van der Waals surface area contributed by atoms with Crippen LogP contribution in [0, 0.1) is 0 Å². The highest BCUT2D eigenvalue weighted by molar-refractivity contribution is 6.07. The van der Waals surface area contributed by atoms with Crippen molar-refractivity contribution >= 4 is 34.8 Å². The van der Waals surface area contributed by atoms with Crippen molar-refractivity contribution in [3.63, 3.8) is 0 Å². The summed E-state index contributed by atoms with van der Waals surface area (Å²) in [5.74, 6) is 0.0355. The zero-order valence-electron chi connectivity index (χ0n) is 24.3. The topological polar surface area (TPSA) is 132 Å². The Kier molecular flexibility index (Phi) is 9.25. The van der Waals surface area contributed by atoms with Crippen LogP contribution in [0.3, 0.4) is 0 Å². The van der Waals surface area contributed by atoms with E-state index in [9.17, 15) is 22.8 Å². The van der Waals surface area contributed by atoms with Crippen LogP contribution in [0.2, 0.25) is 0 Å². The zero-order valence-corrected chi connectivity index (χ0v) is 24.3. The Labute approximate surface area is 251 Å². The second kappa shape index (κ2) is 13.3. The highest BCUT2D eigenvalue weighted by Gasteiger charge is 2.32. The van der Waals surface area contributed by atoms with E-state index in [0.29, 0.717) is 40.3 Å². The molecule has 0 radical (unpaired) electrons. The minimum absolute atomic E-state index is 0.243. The normalized spacial score (nSPS) is 14.4. The van der Waals surface area contributed by atoms with Gasteiger partial charge in [-0.15, -0.1) is 0 Å². The standard InChI is InChI=1S/C29H33F3N10O2/c1-33-26-25-24(19-7-9-20(10-8-19)37-28(44)39-23-6-3-5-22(38-23)29(30,31)32)21(17-42(25)36-18-35-26)27(43)34-11-4-12-41-15-13-40(2)14-16-41/h3,5-10,17-18H,4,11-16H2,1-2H3,(H,34,43)(H,33,35,36)(H2,37,38,39,44). The summed E-state index contributed by atoms with van der Waals surface area (Å²) in [6.45, 7) is 5.51. The van der Waals surface area contributed by atoms with Crippen molar-refractivity contribution in [1.29, 1.82) is 0 Å². The Morgan fingerprint density at radius 3 is 2.45 bits per heavy atom. The van der Waals surface area contributed by atoms with Crippen molar-refractivity contribution in [2.75, 3.05) is 69.3 Å². The van der Waals surface area contributed by atoms with Crippen LogP contribution in [0.4, 0.5) is 35.3 Å². The van der Waals surface area contributed by atoms with Crippen molar-refractivity contribution in [3.8, 4) is 11.1 Å². The first-order valence-electron chi connectivity index (χ1n) is 14.1. The third-order valence-electron chi connectivity index (χ3n) is 7.30. The molecule has 4 aromatic rings.